The molecule has 58 heavy (non-hydrogen) atoms. The Kier molecular flexibility index (Phi) is 10.2. The maximum Gasteiger partial charge on any atom is 0.295 e. The number of thiazole rings is 1. The Morgan fingerprint density at radius 3 is 2.10 bits per heavy atom. The molecule has 0 unspecified atom stereocenters. The molecule has 298 valence electrons. The smallest absolute Gasteiger partial charge is 0.295 e. The van der Waals surface area contributed by atoms with Crippen LogP contribution in [0.1, 0.15) is 77.1 Å². The number of nitrogens with zero attached hydrogens (tertiary/aromatic N) is 6. The van der Waals surface area contributed by atoms with Gasteiger partial charge in [0.1, 0.15) is 30.0 Å². The molecule has 4 aromatic heterocycles. The number of hydrogen-bond donors (Lipinski definition) is 4. The Balaban J connectivity index is 0.905. The Morgan fingerprint density at radius 2 is 1.43 bits per heavy atom. The van der Waals surface area contributed by atoms with E-state index in [0.29, 0.717) is 19.1 Å². The van der Waals surface area contributed by atoms with Gasteiger partial charge in [-0.3, -0.25) is 9.59 Å². The van der Waals surface area contributed by atoms with E-state index in [1.165, 1.54) is 17.6 Å². The molecule has 4 N–H and O–H groups in total. The lowest BCUT2D eigenvalue weighted by Crippen LogP contribution is -2.45. The van der Waals surface area contributed by atoms with Crippen LogP contribution in [0.4, 0.5) is 11.1 Å². The van der Waals surface area contributed by atoms with Crippen LogP contribution in [0.25, 0.3) is 44.2 Å². The van der Waals surface area contributed by atoms with Crippen molar-refractivity contribution < 1.29 is 14.0 Å². The zero-order chi connectivity index (χ0) is 39.9. The number of likely N-dealkylation sites (tertiary alicyclic amines) is 2. The molecule has 0 radical (unpaired) electrons. The number of fused-ring (bicyclic) bond motifs is 2. The predicted octanol–water partition coefficient (Wildman–Crippen LogP) is 8.82. The zero-order valence-electron chi connectivity index (χ0n) is 33.1. The zero-order valence-corrected chi connectivity index (χ0v) is 33.9. The average Bonchev–Trinajstić information content (AvgIpc) is 4.08. The van der Waals surface area contributed by atoms with Crippen LogP contribution in [0.3, 0.4) is 0 Å². The van der Waals surface area contributed by atoms with E-state index < -0.39 is 6.04 Å². The van der Waals surface area contributed by atoms with E-state index >= 15 is 0 Å². The average molecular weight is 797 g/mol. The second-order valence-corrected chi connectivity index (χ2v) is 17.0. The number of nitrogens with one attached hydrogen (secondary N) is 4. The molecule has 3 aromatic carbocycles. The van der Waals surface area contributed by atoms with Crippen LogP contribution in [-0.2, 0) is 9.59 Å². The largest absolute Gasteiger partial charge is 0.432 e. The van der Waals surface area contributed by atoms with Crippen LogP contribution in [0.2, 0.25) is 0 Å². The number of rotatable bonds is 12. The van der Waals surface area contributed by atoms with Gasteiger partial charge in [-0.2, -0.15) is 0 Å². The molecule has 2 amide bonds. The van der Waals surface area contributed by atoms with Crippen LogP contribution in [0.15, 0.2) is 89.2 Å². The molecule has 2 saturated heterocycles. The summed E-state index contributed by atoms with van der Waals surface area (Å²) in [6, 6.07) is 18.5. The molecule has 7 aromatic rings. The minimum atomic E-state index is -0.461. The molecule has 14 heteroatoms. The number of benzene rings is 3. The Hall–Kier alpha value is -6.02. The first-order chi connectivity index (χ1) is 28.2. The fourth-order valence-corrected chi connectivity index (χ4v) is 9.04. The summed E-state index contributed by atoms with van der Waals surface area (Å²) >= 11 is 1.50. The minimum Gasteiger partial charge on any atom is -0.432 e. The number of anilines is 2. The Labute approximate surface area is 340 Å². The maximum atomic E-state index is 13.9. The van der Waals surface area contributed by atoms with Crippen molar-refractivity contribution >= 4 is 56.1 Å². The lowest BCUT2D eigenvalue weighted by Gasteiger charge is -2.30. The highest BCUT2D eigenvalue weighted by atomic mass is 32.1. The Bertz CT molecular complexity index is 2540. The molecule has 13 nitrogen and oxygen atoms in total. The quantitative estimate of drug-likeness (QED) is 0.0947. The van der Waals surface area contributed by atoms with Crippen molar-refractivity contribution in [2.45, 2.75) is 77.5 Å². The number of hydrogen-bond acceptors (Lipinski definition) is 10. The summed E-state index contributed by atoms with van der Waals surface area (Å²) in [5, 5.41) is 11.5. The third-order valence-corrected chi connectivity index (χ3v) is 12.3. The highest BCUT2D eigenvalue weighted by molar-refractivity contribution is 7.13. The normalized spacial score (nSPS) is 18.2. The van der Waals surface area contributed by atoms with Gasteiger partial charge in [0.25, 0.3) is 6.01 Å². The van der Waals surface area contributed by atoms with Crippen molar-refractivity contribution in [1.29, 1.82) is 0 Å². The van der Waals surface area contributed by atoms with Gasteiger partial charge in [-0.1, -0.05) is 58.0 Å². The Morgan fingerprint density at radius 1 is 0.776 bits per heavy atom. The summed E-state index contributed by atoms with van der Waals surface area (Å²) in [5.41, 5.74) is 5.85. The second kappa shape index (κ2) is 15.7. The molecule has 2 aliphatic heterocycles. The topological polar surface area (TPSA) is 161 Å². The van der Waals surface area contributed by atoms with Gasteiger partial charge in [0, 0.05) is 36.4 Å². The summed E-state index contributed by atoms with van der Waals surface area (Å²) in [7, 11) is 0. The second-order valence-electron chi connectivity index (χ2n) is 16.1. The molecule has 0 spiro atoms. The van der Waals surface area contributed by atoms with Gasteiger partial charge >= 0.3 is 0 Å². The number of imidazole rings is 2. The summed E-state index contributed by atoms with van der Waals surface area (Å²) in [6.07, 6.45) is 10.3. The first-order valence-electron chi connectivity index (χ1n) is 20.2. The summed E-state index contributed by atoms with van der Waals surface area (Å²) in [5.74, 6) is 1.87. The van der Waals surface area contributed by atoms with Gasteiger partial charge < -0.3 is 34.8 Å². The first kappa shape index (κ1) is 37.6. The molecule has 2 aliphatic rings. The van der Waals surface area contributed by atoms with E-state index in [-0.39, 0.29) is 41.8 Å². The summed E-state index contributed by atoms with van der Waals surface area (Å²) < 4.78 is 5.39. The van der Waals surface area contributed by atoms with Gasteiger partial charge in [-0.15, -0.1) is 11.3 Å². The molecule has 9 rings (SSSR count). The SMILES string of the molecule is CC(C)[C@H](Nc1nccs1)C(=O)N1CCC[C@H]1c1nc(-c2ccc3cc(-c4ccc5[nH]c([C@@H]6CCCN6C(=O)[C@@H](Nc6ncco6)C(C)C)nc5c4)ccc3c2)c[nH]1. The number of carbonyl (C=O) groups excluding carboxylic acids is 2. The van der Waals surface area contributed by atoms with E-state index in [1.807, 2.05) is 35.2 Å². The van der Waals surface area contributed by atoms with Crippen molar-refractivity contribution in [1.82, 2.24) is 39.7 Å². The van der Waals surface area contributed by atoms with Crippen molar-refractivity contribution in [2.75, 3.05) is 23.7 Å². The monoisotopic (exact) mass is 796 g/mol. The number of H-pyrrole nitrogens is 2. The van der Waals surface area contributed by atoms with E-state index in [4.69, 9.17) is 14.4 Å². The van der Waals surface area contributed by atoms with E-state index in [1.54, 1.807) is 12.4 Å². The fraction of sp³-hybridized carbons (Fsp3) is 0.364. The minimum absolute atomic E-state index is 0.0209. The molecule has 0 bridgehead atoms. The predicted molar refractivity (Wildman–Crippen MR) is 227 cm³/mol. The van der Waals surface area contributed by atoms with Crippen LogP contribution in [0.5, 0.6) is 0 Å². The molecular weight excluding hydrogens is 749 g/mol. The van der Waals surface area contributed by atoms with Gasteiger partial charge in [0.2, 0.25) is 11.8 Å². The fourth-order valence-electron chi connectivity index (χ4n) is 8.47. The van der Waals surface area contributed by atoms with Crippen molar-refractivity contribution in [2.24, 2.45) is 11.8 Å². The van der Waals surface area contributed by atoms with Crippen molar-refractivity contribution in [3.8, 4) is 22.4 Å². The molecule has 4 atom stereocenters. The molecular formula is C44H48N10O3S. The van der Waals surface area contributed by atoms with Gasteiger partial charge in [0.15, 0.2) is 5.13 Å². The third-order valence-electron chi connectivity index (χ3n) is 11.6. The van der Waals surface area contributed by atoms with E-state index in [9.17, 15) is 9.59 Å². The van der Waals surface area contributed by atoms with E-state index in [2.05, 4.69) is 99.0 Å². The van der Waals surface area contributed by atoms with Crippen molar-refractivity contribution in [3.63, 3.8) is 0 Å². The number of aromatic nitrogens is 6. The molecule has 2 fully saturated rings. The third kappa shape index (κ3) is 7.32. The summed E-state index contributed by atoms with van der Waals surface area (Å²) in [4.78, 5) is 57.2. The van der Waals surface area contributed by atoms with E-state index in [0.717, 1.165) is 86.7 Å². The first-order valence-corrected chi connectivity index (χ1v) is 21.1. The highest BCUT2D eigenvalue weighted by Crippen LogP contribution is 2.36. The maximum absolute atomic E-state index is 13.9. The molecule has 0 aliphatic carbocycles. The van der Waals surface area contributed by atoms with Gasteiger partial charge in [-0.05, 0) is 83.7 Å². The number of carbonyl (C=O) groups is 2. The van der Waals surface area contributed by atoms with Crippen LogP contribution < -0.4 is 10.6 Å². The molecule has 6 heterocycles. The lowest BCUT2D eigenvalue weighted by atomic mass is 9.99. The number of oxazole rings is 1. The standard InChI is InChI=1S/C44H48N10O3S/c1-25(2)37(51-43-45-15-19-57-43)41(55)54-18-6-8-36(54)40-48-32-14-13-30(23-33(32)49-40)28-9-10-29-22-31(12-11-27(29)21-28)34-24-47-39(50-34)35-7-5-17-53(35)42(56)38(26(3)4)52-44-46-16-20-58-44/h9-16,19-26,35-38H,5-8,17-18H2,1-4H3,(H,45,51)(H,46,52)(H,47,50)(H,48,49)/t35-,36-,37-,38-/m0/s1. The molecule has 0 saturated carbocycles. The number of amides is 2. The van der Waals surface area contributed by atoms with Crippen LogP contribution >= 0.6 is 11.3 Å². The lowest BCUT2D eigenvalue weighted by molar-refractivity contribution is -0.134. The van der Waals surface area contributed by atoms with Crippen LogP contribution in [0, 0.1) is 11.8 Å². The highest BCUT2D eigenvalue weighted by Gasteiger charge is 2.38. The van der Waals surface area contributed by atoms with Gasteiger partial charge in [-0.25, -0.2) is 19.9 Å². The summed E-state index contributed by atoms with van der Waals surface area (Å²) in [6.45, 7) is 9.56. The van der Waals surface area contributed by atoms with Crippen molar-refractivity contribution in [3.05, 3.63) is 96.5 Å². The van der Waals surface area contributed by atoms with Gasteiger partial charge in [0.05, 0.1) is 35.0 Å². The van der Waals surface area contributed by atoms with Crippen LogP contribution in [-0.4, -0.2) is 76.7 Å². The number of aromatic amines is 2.